The van der Waals surface area contributed by atoms with Crippen molar-refractivity contribution in [2.24, 2.45) is 14.1 Å². The van der Waals surface area contributed by atoms with Crippen molar-refractivity contribution in [3.63, 3.8) is 0 Å². The van der Waals surface area contributed by atoms with Crippen molar-refractivity contribution in [3.05, 3.63) is 30.2 Å². The first-order chi connectivity index (χ1) is 9.36. The fourth-order valence-corrected chi connectivity index (χ4v) is 2.01. The van der Waals surface area contributed by atoms with Crippen LogP contribution in [0.1, 0.15) is 5.69 Å². The average Bonchev–Trinajstić information content (AvgIpc) is 2.92. The van der Waals surface area contributed by atoms with Gasteiger partial charge in [0.1, 0.15) is 11.4 Å². The largest absolute Gasteiger partial charge is 0.433 e. The van der Waals surface area contributed by atoms with Gasteiger partial charge in [-0.25, -0.2) is 9.97 Å². The van der Waals surface area contributed by atoms with Crippen LogP contribution in [0.15, 0.2) is 24.5 Å². The highest BCUT2D eigenvalue weighted by molar-refractivity contribution is 5.79. The summed E-state index contributed by atoms with van der Waals surface area (Å²) in [5, 5.41) is 4.20. The standard InChI is InChI=1S/C12H10F3N5/c1-19-4-3-7(18-19)11-17-8-5-10(12(13,14)15)16-6-9(8)20(11)2/h3-6H,1-2H3. The number of fused-ring (bicyclic) bond motifs is 1. The number of alkyl halides is 3. The summed E-state index contributed by atoms with van der Waals surface area (Å²) in [5.41, 5.74) is 0.421. The summed E-state index contributed by atoms with van der Waals surface area (Å²) >= 11 is 0. The molecule has 3 rings (SSSR count). The molecule has 3 heterocycles. The highest BCUT2D eigenvalue weighted by Gasteiger charge is 2.33. The Morgan fingerprint density at radius 3 is 2.55 bits per heavy atom. The maximum Gasteiger partial charge on any atom is 0.433 e. The summed E-state index contributed by atoms with van der Waals surface area (Å²) < 4.78 is 41.2. The number of aromatic nitrogens is 5. The molecule has 0 radical (unpaired) electrons. The third kappa shape index (κ3) is 1.93. The van der Waals surface area contributed by atoms with Crippen LogP contribution in [0, 0.1) is 0 Å². The maximum absolute atomic E-state index is 12.6. The van der Waals surface area contributed by atoms with Gasteiger partial charge in [-0.1, -0.05) is 0 Å². The van der Waals surface area contributed by atoms with Gasteiger partial charge in [-0.05, 0) is 12.1 Å². The lowest BCUT2D eigenvalue weighted by Gasteiger charge is -2.04. The minimum Gasteiger partial charge on any atom is -0.324 e. The first-order valence-corrected chi connectivity index (χ1v) is 5.76. The number of aryl methyl sites for hydroxylation is 2. The molecule has 0 bridgehead atoms. The summed E-state index contributed by atoms with van der Waals surface area (Å²) in [6.07, 6.45) is -1.55. The second-order valence-electron chi connectivity index (χ2n) is 4.43. The minimum absolute atomic E-state index is 0.246. The molecule has 104 valence electrons. The number of halogens is 3. The van der Waals surface area contributed by atoms with E-state index in [9.17, 15) is 13.2 Å². The monoisotopic (exact) mass is 281 g/mol. The van der Waals surface area contributed by atoms with E-state index in [1.807, 2.05) is 0 Å². The van der Waals surface area contributed by atoms with Crippen LogP contribution in [0.4, 0.5) is 13.2 Å². The van der Waals surface area contributed by atoms with Gasteiger partial charge in [0.2, 0.25) is 0 Å². The molecule has 0 spiro atoms. The second kappa shape index (κ2) is 4.06. The SMILES string of the molecule is Cn1ccc(-c2nc3cc(C(F)(F)F)ncc3n2C)n1. The van der Waals surface area contributed by atoms with Crippen molar-refractivity contribution in [1.82, 2.24) is 24.3 Å². The molecule has 0 aliphatic carbocycles. The lowest BCUT2D eigenvalue weighted by Crippen LogP contribution is -2.07. The highest BCUT2D eigenvalue weighted by atomic mass is 19.4. The van der Waals surface area contributed by atoms with Crippen molar-refractivity contribution in [2.45, 2.75) is 6.18 Å². The van der Waals surface area contributed by atoms with E-state index in [0.29, 0.717) is 17.0 Å². The molecule has 0 aliphatic rings. The lowest BCUT2D eigenvalue weighted by molar-refractivity contribution is -0.141. The van der Waals surface area contributed by atoms with Crippen LogP contribution in [-0.4, -0.2) is 24.3 Å². The molecule has 0 N–H and O–H groups in total. The Hall–Kier alpha value is -2.38. The average molecular weight is 281 g/mol. The first kappa shape index (κ1) is 12.6. The van der Waals surface area contributed by atoms with Gasteiger partial charge in [-0.3, -0.25) is 4.68 Å². The van der Waals surface area contributed by atoms with E-state index in [0.717, 1.165) is 6.07 Å². The predicted octanol–water partition coefficient (Wildman–Crippen LogP) is 2.39. The Morgan fingerprint density at radius 2 is 1.95 bits per heavy atom. The van der Waals surface area contributed by atoms with Crippen molar-refractivity contribution < 1.29 is 13.2 Å². The minimum atomic E-state index is -4.48. The molecule has 0 saturated heterocycles. The van der Waals surface area contributed by atoms with E-state index in [1.165, 1.54) is 6.20 Å². The Balaban J connectivity index is 2.19. The smallest absolute Gasteiger partial charge is 0.324 e. The molecule has 0 aromatic carbocycles. The van der Waals surface area contributed by atoms with Gasteiger partial charge in [0, 0.05) is 20.3 Å². The third-order valence-corrected chi connectivity index (χ3v) is 3.00. The number of hydrogen-bond donors (Lipinski definition) is 0. The number of nitrogens with zero attached hydrogens (tertiary/aromatic N) is 5. The van der Waals surface area contributed by atoms with Crippen LogP contribution < -0.4 is 0 Å². The van der Waals surface area contributed by atoms with Gasteiger partial charge in [0.15, 0.2) is 5.82 Å². The van der Waals surface area contributed by atoms with Gasteiger partial charge in [0.05, 0.1) is 17.2 Å². The van der Waals surface area contributed by atoms with Gasteiger partial charge < -0.3 is 4.57 Å². The van der Waals surface area contributed by atoms with Gasteiger partial charge in [0.25, 0.3) is 0 Å². The summed E-state index contributed by atoms with van der Waals surface area (Å²) in [4.78, 5) is 7.66. The fraction of sp³-hybridized carbons (Fsp3) is 0.250. The normalized spacial score (nSPS) is 12.2. The van der Waals surface area contributed by atoms with E-state index in [2.05, 4.69) is 15.1 Å². The maximum atomic E-state index is 12.6. The van der Waals surface area contributed by atoms with E-state index in [4.69, 9.17) is 0 Å². The molecule has 8 heteroatoms. The van der Waals surface area contributed by atoms with Crippen LogP contribution in [0.5, 0.6) is 0 Å². The molecule has 0 saturated carbocycles. The zero-order chi connectivity index (χ0) is 14.5. The lowest BCUT2D eigenvalue weighted by atomic mass is 10.3. The molecule has 5 nitrogen and oxygen atoms in total. The Morgan fingerprint density at radius 1 is 1.20 bits per heavy atom. The Labute approximate surface area is 111 Å². The number of rotatable bonds is 1. The van der Waals surface area contributed by atoms with Crippen LogP contribution in [-0.2, 0) is 20.3 Å². The van der Waals surface area contributed by atoms with Crippen molar-refractivity contribution in [1.29, 1.82) is 0 Å². The van der Waals surface area contributed by atoms with Crippen LogP contribution in [0.2, 0.25) is 0 Å². The number of imidazole rings is 1. The molecule has 0 atom stereocenters. The van der Waals surface area contributed by atoms with Gasteiger partial charge >= 0.3 is 6.18 Å². The molecular formula is C12H10F3N5. The zero-order valence-electron chi connectivity index (χ0n) is 10.7. The summed E-state index contributed by atoms with van der Waals surface area (Å²) in [5.74, 6) is 0.502. The summed E-state index contributed by atoms with van der Waals surface area (Å²) in [7, 11) is 3.48. The quantitative estimate of drug-likeness (QED) is 0.688. The van der Waals surface area contributed by atoms with Crippen molar-refractivity contribution in [2.75, 3.05) is 0 Å². The number of pyridine rings is 1. The molecular weight excluding hydrogens is 271 g/mol. The highest BCUT2D eigenvalue weighted by Crippen LogP contribution is 2.30. The van der Waals surface area contributed by atoms with Crippen LogP contribution >= 0.6 is 0 Å². The zero-order valence-corrected chi connectivity index (χ0v) is 10.7. The Bertz CT molecular complexity index is 784. The topological polar surface area (TPSA) is 48.5 Å². The van der Waals surface area contributed by atoms with E-state index < -0.39 is 11.9 Å². The summed E-state index contributed by atoms with van der Waals surface area (Å²) in [6, 6.07) is 2.70. The van der Waals surface area contributed by atoms with Crippen LogP contribution in [0.3, 0.4) is 0 Å². The van der Waals surface area contributed by atoms with E-state index >= 15 is 0 Å². The molecule has 3 aromatic rings. The van der Waals surface area contributed by atoms with Crippen molar-refractivity contribution >= 4 is 11.0 Å². The number of hydrogen-bond acceptors (Lipinski definition) is 3. The second-order valence-corrected chi connectivity index (χ2v) is 4.43. The van der Waals surface area contributed by atoms with Crippen molar-refractivity contribution in [3.8, 4) is 11.5 Å². The molecule has 0 amide bonds. The molecule has 0 unspecified atom stereocenters. The predicted molar refractivity (Wildman–Crippen MR) is 65.7 cm³/mol. The summed E-state index contributed by atoms with van der Waals surface area (Å²) in [6.45, 7) is 0. The molecule has 0 aliphatic heterocycles. The third-order valence-electron chi connectivity index (χ3n) is 3.00. The van der Waals surface area contributed by atoms with Gasteiger partial charge in [-0.15, -0.1) is 0 Å². The fourth-order valence-electron chi connectivity index (χ4n) is 2.01. The first-order valence-electron chi connectivity index (χ1n) is 5.76. The Kier molecular flexibility index (Phi) is 2.56. The van der Waals surface area contributed by atoms with Gasteiger partial charge in [-0.2, -0.15) is 18.3 Å². The van der Waals surface area contributed by atoms with Crippen LogP contribution in [0.25, 0.3) is 22.6 Å². The molecule has 20 heavy (non-hydrogen) atoms. The molecule has 0 fully saturated rings. The van der Waals surface area contributed by atoms with E-state index in [1.54, 1.807) is 35.6 Å². The molecule has 3 aromatic heterocycles. The van der Waals surface area contributed by atoms with E-state index in [-0.39, 0.29) is 5.52 Å².